The number of nitrogens with zero attached hydrogens (tertiary/aromatic N) is 1. The van der Waals surface area contributed by atoms with Gasteiger partial charge in [-0.15, -0.1) is 0 Å². The average Bonchev–Trinajstić information content (AvgIpc) is 2.77. The van der Waals surface area contributed by atoms with Crippen LogP contribution < -0.4 is 25.4 Å². The van der Waals surface area contributed by atoms with Crippen LogP contribution in [0.5, 0.6) is 11.5 Å². The summed E-state index contributed by atoms with van der Waals surface area (Å²) in [5, 5.41) is 8.99. The zero-order valence-corrected chi connectivity index (χ0v) is 17.9. The molecule has 1 amide bonds. The maximum atomic E-state index is 12.6. The predicted octanol–water partition coefficient (Wildman–Crippen LogP) is 2.95. The Hall–Kier alpha value is -3.36. The van der Waals surface area contributed by atoms with E-state index in [1.54, 1.807) is 25.2 Å². The Morgan fingerprint density at radius 1 is 1.10 bits per heavy atom. The van der Waals surface area contributed by atoms with Crippen molar-refractivity contribution in [3.63, 3.8) is 0 Å². The molecule has 0 saturated carbocycles. The minimum atomic E-state index is -2.94. The lowest BCUT2D eigenvalue weighted by Crippen LogP contribution is -2.38. The zero-order valence-electron chi connectivity index (χ0n) is 17.9. The SMILES string of the molecule is CCNC(=NCc1ccc(OC)c(OC(F)F)c1)NCCc1cccc(C(=O)NC)c1. The van der Waals surface area contributed by atoms with E-state index in [0.29, 0.717) is 36.6 Å². The van der Waals surface area contributed by atoms with Gasteiger partial charge in [-0.2, -0.15) is 8.78 Å². The number of rotatable bonds is 10. The molecule has 0 bridgehead atoms. The molecule has 0 fully saturated rings. The number of carbonyl (C=O) groups is 1. The molecule has 0 spiro atoms. The summed E-state index contributed by atoms with van der Waals surface area (Å²) in [6.07, 6.45) is 0.699. The molecule has 0 unspecified atom stereocenters. The molecule has 0 aromatic heterocycles. The quantitative estimate of drug-likeness (QED) is 0.396. The lowest BCUT2D eigenvalue weighted by atomic mass is 10.1. The Morgan fingerprint density at radius 2 is 1.90 bits per heavy atom. The van der Waals surface area contributed by atoms with Crippen LogP contribution in [0.15, 0.2) is 47.5 Å². The Bertz CT molecular complexity index is 891. The number of carbonyl (C=O) groups excluding carboxylic acids is 1. The molecule has 31 heavy (non-hydrogen) atoms. The molecule has 9 heteroatoms. The van der Waals surface area contributed by atoms with Crippen molar-refractivity contribution in [3.05, 3.63) is 59.2 Å². The molecule has 0 radical (unpaired) electrons. The zero-order chi connectivity index (χ0) is 22.6. The van der Waals surface area contributed by atoms with E-state index in [-0.39, 0.29) is 24.0 Å². The van der Waals surface area contributed by atoms with Gasteiger partial charge in [-0.1, -0.05) is 18.2 Å². The molecule has 3 N–H and O–H groups in total. The van der Waals surface area contributed by atoms with Crippen LogP contribution in [0.3, 0.4) is 0 Å². The largest absolute Gasteiger partial charge is 0.493 e. The summed E-state index contributed by atoms with van der Waals surface area (Å²) in [6, 6.07) is 12.2. The third-order valence-corrected chi connectivity index (χ3v) is 4.33. The predicted molar refractivity (Wildman–Crippen MR) is 116 cm³/mol. The normalized spacial score (nSPS) is 11.2. The van der Waals surface area contributed by atoms with E-state index < -0.39 is 6.61 Å². The molecule has 0 aliphatic carbocycles. The molecule has 2 aromatic rings. The van der Waals surface area contributed by atoms with Gasteiger partial charge in [0.1, 0.15) is 0 Å². The molecule has 7 nitrogen and oxygen atoms in total. The third-order valence-electron chi connectivity index (χ3n) is 4.33. The van der Waals surface area contributed by atoms with Gasteiger partial charge in [0, 0.05) is 25.7 Å². The second-order valence-corrected chi connectivity index (χ2v) is 6.52. The highest BCUT2D eigenvalue weighted by Crippen LogP contribution is 2.29. The second kappa shape index (κ2) is 12.4. The van der Waals surface area contributed by atoms with Crippen LogP contribution in [-0.2, 0) is 13.0 Å². The Morgan fingerprint density at radius 3 is 2.58 bits per heavy atom. The van der Waals surface area contributed by atoms with Crippen LogP contribution in [0.2, 0.25) is 0 Å². The molecule has 0 atom stereocenters. The van der Waals surface area contributed by atoms with Crippen LogP contribution in [0.4, 0.5) is 8.78 Å². The van der Waals surface area contributed by atoms with Crippen molar-refractivity contribution < 1.29 is 23.0 Å². The van der Waals surface area contributed by atoms with Gasteiger partial charge in [0.2, 0.25) is 0 Å². The van der Waals surface area contributed by atoms with Crippen LogP contribution >= 0.6 is 0 Å². The van der Waals surface area contributed by atoms with E-state index in [4.69, 9.17) is 4.74 Å². The van der Waals surface area contributed by atoms with Crippen molar-refractivity contribution in [1.29, 1.82) is 0 Å². The van der Waals surface area contributed by atoms with Crippen LogP contribution in [0, 0.1) is 0 Å². The van der Waals surface area contributed by atoms with Crippen molar-refractivity contribution in [2.75, 3.05) is 27.2 Å². The summed E-state index contributed by atoms with van der Waals surface area (Å²) < 4.78 is 34.8. The minimum absolute atomic E-state index is 0.0286. The highest BCUT2D eigenvalue weighted by Gasteiger charge is 2.11. The maximum Gasteiger partial charge on any atom is 0.387 e. The molecule has 2 aromatic carbocycles. The summed E-state index contributed by atoms with van der Waals surface area (Å²) in [7, 11) is 2.99. The number of guanidine groups is 1. The van der Waals surface area contributed by atoms with Gasteiger partial charge in [-0.3, -0.25) is 4.79 Å². The van der Waals surface area contributed by atoms with E-state index in [0.717, 1.165) is 5.56 Å². The van der Waals surface area contributed by atoms with Gasteiger partial charge in [0.25, 0.3) is 5.91 Å². The Labute approximate surface area is 180 Å². The molecular weight excluding hydrogens is 406 g/mol. The number of aliphatic imine (C=N–C) groups is 1. The molecule has 0 heterocycles. The summed E-state index contributed by atoms with van der Waals surface area (Å²) in [4.78, 5) is 16.3. The van der Waals surface area contributed by atoms with Crippen molar-refractivity contribution in [3.8, 4) is 11.5 Å². The number of methoxy groups -OCH3 is 1. The van der Waals surface area contributed by atoms with Gasteiger partial charge >= 0.3 is 6.61 Å². The van der Waals surface area contributed by atoms with Crippen molar-refractivity contribution >= 4 is 11.9 Å². The fourth-order valence-corrected chi connectivity index (χ4v) is 2.86. The van der Waals surface area contributed by atoms with E-state index in [2.05, 4.69) is 25.7 Å². The molecule has 0 saturated heterocycles. The Balaban J connectivity index is 2.00. The van der Waals surface area contributed by atoms with E-state index in [9.17, 15) is 13.6 Å². The Kier molecular flexibility index (Phi) is 9.54. The lowest BCUT2D eigenvalue weighted by Gasteiger charge is -2.13. The topological polar surface area (TPSA) is 84.0 Å². The first-order valence-electron chi connectivity index (χ1n) is 9.91. The summed E-state index contributed by atoms with van der Waals surface area (Å²) in [5.74, 6) is 0.674. The molecule has 2 rings (SSSR count). The fourth-order valence-electron chi connectivity index (χ4n) is 2.86. The van der Waals surface area contributed by atoms with Gasteiger partial charge in [0.05, 0.1) is 13.7 Å². The van der Waals surface area contributed by atoms with Crippen LogP contribution in [-0.4, -0.2) is 45.7 Å². The summed E-state index contributed by atoms with van der Waals surface area (Å²) >= 11 is 0. The second-order valence-electron chi connectivity index (χ2n) is 6.52. The number of alkyl halides is 2. The third kappa shape index (κ3) is 7.76. The number of benzene rings is 2. The maximum absolute atomic E-state index is 12.6. The highest BCUT2D eigenvalue weighted by atomic mass is 19.3. The van der Waals surface area contributed by atoms with Gasteiger partial charge in [-0.25, -0.2) is 4.99 Å². The van der Waals surface area contributed by atoms with Crippen molar-refractivity contribution in [2.45, 2.75) is 26.5 Å². The van der Waals surface area contributed by atoms with E-state index >= 15 is 0 Å². The van der Waals surface area contributed by atoms with Gasteiger partial charge < -0.3 is 25.4 Å². The van der Waals surface area contributed by atoms with Gasteiger partial charge in [0.15, 0.2) is 17.5 Å². The first kappa shape index (κ1) is 23.9. The average molecular weight is 434 g/mol. The highest BCUT2D eigenvalue weighted by molar-refractivity contribution is 5.94. The number of halogens is 2. The lowest BCUT2D eigenvalue weighted by molar-refractivity contribution is -0.0512. The molecule has 0 aliphatic heterocycles. The first-order valence-corrected chi connectivity index (χ1v) is 9.91. The van der Waals surface area contributed by atoms with Gasteiger partial charge in [-0.05, 0) is 48.7 Å². The fraction of sp³-hybridized carbons (Fsp3) is 0.364. The smallest absolute Gasteiger partial charge is 0.387 e. The van der Waals surface area contributed by atoms with Crippen molar-refractivity contribution in [2.24, 2.45) is 4.99 Å². The standard InChI is InChI=1S/C22H28F2N4O3/c1-4-26-22(27-11-10-15-6-5-7-17(12-15)20(29)25-2)28-14-16-8-9-18(30-3)19(13-16)31-21(23)24/h5-9,12-13,21H,4,10-11,14H2,1-3H3,(H,25,29)(H2,26,27,28). The number of ether oxygens (including phenoxy) is 2. The van der Waals surface area contributed by atoms with E-state index in [1.165, 1.54) is 13.2 Å². The van der Waals surface area contributed by atoms with E-state index in [1.807, 2.05) is 25.1 Å². The number of hydrogen-bond acceptors (Lipinski definition) is 4. The number of nitrogens with one attached hydrogen (secondary N) is 3. The van der Waals surface area contributed by atoms with Crippen molar-refractivity contribution in [1.82, 2.24) is 16.0 Å². The molecular formula is C22H28F2N4O3. The monoisotopic (exact) mass is 434 g/mol. The van der Waals surface area contributed by atoms with Crippen LogP contribution in [0.25, 0.3) is 0 Å². The minimum Gasteiger partial charge on any atom is -0.493 e. The number of amides is 1. The molecule has 168 valence electrons. The molecule has 0 aliphatic rings. The number of hydrogen-bond donors (Lipinski definition) is 3. The first-order chi connectivity index (χ1) is 15.0. The van der Waals surface area contributed by atoms with Crippen LogP contribution in [0.1, 0.15) is 28.4 Å². The summed E-state index contributed by atoms with van der Waals surface area (Å²) in [5.41, 5.74) is 2.34. The summed E-state index contributed by atoms with van der Waals surface area (Å²) in [6.45, 7) is 0.552.